The van der Waals surface area contributed by atoms with Gasteiger partial charge in [0.2, 0.25) is 0 Å². The minimum absolute atomic E-state index is 0.623. The molecule has 104 valence electrons. The molecule has 0 spiro atoms. The van der Waals surface area contributed by atoms with Gasteiger partial charge in [-0.25, -0.2) is 0 Å². The van der Waals surface area contributed by atoms with Crippen LogP contribution in [-0.4, -0.2) is 14.9 Å². The van der Waals surface area contributed by atoms with Crippen LogP contribution in [0, 0.1) is 16.7 Å². The highest BCUT2D eigenvalue weighted by molar-refractivity contribution is 5.18. The largest absolute Gasteiger partial charge is 0.387 e. The first-order valence-electron chi connectivity index (χ1n) is 7.33. The van der Waals surface area contributed by atoms with E-state index in [4.69, 9.17) is 0 Å². The molecule has 2 rings (SSSR count). The van der Waals surface area contributed by atoms with Crippen molar-refractivity contribution in [2.24, 2.45) is 5.41 Å². The average molecular weight is 261 g/mol. The quantitative estimate of drug-likeness (QED) is 0.909. The smallest absolute Gasteiger partial charge is 0.101 e. The second-order valence-electron chi connectivity index (χ2n) is 5.57. The molecule has 1 fully saturated rings. The maximum atomic E-state index is 10.6. The van der Waals surface area contributed by atoms with Crippen LogP contribution in [0.2, 0.25) is 0 Å². The lowest BCUT2D eigenvalue weighted by Crippen LogP contribution is -2.28. The monoisotopic (exact) mass is 261 g/mol. The van der Waals surface area contributed by atoms with Gasteiger partial charge in [0.25, 0.3) is 0 Å². The normalized spacial score (nSPS) is 21.1. The summed E-state index contributed by atoms with van der Waals surface area (Å²) in [6.45, 7) is 2.80. The van der Waals surface area contributed by atoms with Crippen molar-refractivity contribution in [1.82, 2.24) is 9.78 Å². The molecule has 0 aromatic carbocycles. The topological polar surface area (TPSA) is 61.8 Å². The Labute approximate surface area is 115 Å². The third-order valence-electron chi connectivity index (χ3n) is 4.28. The van der Waals surface area contributed by atoms with Crippen LogP contribution >= 0.6 is 0 Å². The molecular weight excluding hydrogens is 238 g/mol. The van der Waals surface area contributed by atoms with Crippen LogP contribution in [0.1, 0.15) is 63.5 Å². The number of nitriles is 1. The van der Waals surface area contributed by atoms with Gasteiger partial charge in [-0.05, 0) is 19.8 Å². The minimum Gasteiger partial charge on any atom is -0.387 e. The lowest BCUT2D eigenvalue weighted by molar-refractivity contribution is 0.0434. The summed E-state index contributed by atoms with van der Waals surface area (Å²) in [4.78, 5) is 0. The van der Waals surface area contributed by atoms with E-state index in [9.17, 15) is 10.4 Å². The third kappa shape index (κ3) is 2.98. The van der Waals surface area contributed by atoms with Crippen LogP contribution in [0.4, 0.5) is 0 Å². The number of hydrogen-bond donors (Lipinski definition) is 1. The van der Waals surface area contributed by atoms with Gasteiger partial charge in [0.1, 0.15) is 6.10 Å². The van der Waals surface area contributed by atoms with E-state index in [1.165, 1.54) is 19.3 Å². The minimum atomic E-state index is -0.712. The number of aromatic nitrogens is 2. The van der Waals surface area contributed by atoms with Crippen LogP contribution in [-0.2, 0) is 6.54 Å². The predicted octanol–water partition coefficient (Wildman–Crippen LogP) is 3.19. The summed E-state index contributed by atoms with van der Waals surface area (Å²) in [5, 5.41) is 24.5. The fourth-order valence-electron chi connectivity index (χ4n) is 3.00. The van der Waals surface area contributed by atoms with E-state index in [1.54, 1.807) is 10.9 Å². The number of aryl methyl sites for hydroxylation is 1. The molecule has 1 saturated carbocycles. The number of nitrogens with zero attached hydrogens (tertiary/aromatic N) is 3. The van der Waals surface area contributed by atoms with E-state index < -0.39 is 11.5 Å². The van der Waals surface area contributed by atoms with Crippen molar-refractivity contribution in [2.45, 2.75) is 64.5 Å². The van der Waals surface area contributed by atoms with E-state index in [1.807, 2.05) is 13.1 Å². The fraction of sp³-hybridized carbons (Fsp3) is 0.733. The van der Waals surface area contributed by atoms with E-state index >= 15 is 0 Å². The maximum Gasteiger partial charge on any atom is 0.101 e. The molecule has 0 saturated heterocycles. The van der Waals surface area contributed by atoms with Gasteiger partial charge in [0.05, 0.1) is 17.7 Å². The highest BCUT2D eigenvalue weighted by atomic mass is 16.3. The van der Waals surface area contributed by atoms with Gasteiger partial charge >= 0.3 is 0 Å². The van der Waals surface area contributed by atoms with Gasteiger partial charge in [0, 0.05) is 18.3 Å². The first kappa shape index (κ1) is 14.1. The Morgan fingerprint density at radius 3 is 2.53 bits per heavy atom. The SMILES string of the molecule is CCn1cc(C(O)C2(C#N)CCCCCCC2)cn1. The van der Waals surface area contributed by atoms with Crippen molar-refractivity contribution in [3.63, 3.8) is 0 Å². The zero-order chi connectivity index (χ0) is 13.7. The van der Waals surface area contributed by atoms with E-state index in [0.29, 0.717) is 0 Å². The second kappa shape index (κ2) is 6.21. The summed E-state index contributed by atoms with van der Waals surface area (Å²) in [6, 6.07) is 2.42. The molecule has 1 aromatic rings. The van der Waals surface area contributed by atoms with Crippen LogP contribution in [0.25, 0.3) is 0 Å². The molecule has 1 aliphatic rings. The van der Waals surface area contributed by atoms with E-state index in [-0.39, 0.29) is 0 Å². The van der Waals surface area contributed by atoms with Crippen molar-refractivity contribution in [2.75, 3.05) is 0 Å². The number of rotatable bonds is 3. The molecule has 4 nitrogen and oxygen atoms in total. The van der Waals surface area contributed by atoms with E-state index in [2.05, 4.69) is 11.2 Å². The lowest BCUT2D eigenvalue weighted by atomic mass is 9.72. The molecule has 0 amide bonds. The Kier molecular flexibility index (Phi) is 4.60. The summed E-state index contributed by atoms with van der Waals surface area (Å²) in [6.07, 6.45) is 10.1. The Morgan fingerprint density at radius 1 is 1.37 bits per heavy atom. The first-order valence-corrected chi connectivity index (χ1v) is 7.33. The molecule has 1 unspecified atom stereocenters. The highest BCUT2D eigenvalue weighted by Gasteiger charge is 2.39. The second-order valence-corrected chi connectivity index (χ2v) is 5.57. The highest BCUT2D eigenvalue weighted by Crippen LogP contribution is 2.43. The molecule has 0 aliphatic heterocycles. The van der Waals surface area contributed by atoms with Crippen molar-refractivity contribution >= 4 is 0 Å². The van der Waals surface area contributed by atoms with Gasteiger partial charge < -0.3 is 5.11 Å². The molecule has 1 aliphatic carbocycles. The number of aliphatic hydroxyl groups is 1. The van der Waals surface area contributed by atoms with Crippen LogP contribution in [0.5, 0.6) is 0 Å². The van der Waals surface area contributed by atoms with Crippen LogP contribution in [0.3, 0.4) is 0 Å². The van der Waals surface area contributed by atoms with Gasteiger partial charge in [-0.3, -0.25) is 4.68 Å². The predicted molar refractivity (Wildman–Crippen MR) is 73.2 cm³/mol. The van der Waals surface area contributed by atoms with Crippen LogP contribution < -0.4 is 0 Å². The Bertz CT molecular complexity index is 438. The number of aliphatic hydroxyl groups excluding tert-OH is 1. The molecule has 4 heteroatoms. The summed E-state index contributed by atoms with van der Waals surface area (Å²) in [7, 11) is 0. The molecule has 1 atom stereocenters. The Balaban J connectivity index is 2.20. The summed E-state index contributed by atoms with van der Waals surface area (Å²) in [5.41, 5.74) is 0.158. The van der Waals surface area contributed by atoms with Crippen molar-refractivity contribution < 1.29 is 5.11 Å². The maximum absolute atomic E-state index is 10.6. The molecule has 0 radical (unpaired) electrons. The molecule has 0 bridgehead atoms. The van der Waals surface area contributed by atoms with E-state index in [0.717, 1.165) is 37.8 Å². The van der Waals surface area contributed by atoms with Crippen molar-refractivity contribution in [1.29, 1.82) is 5.26 Å². The molecule has 19 heavy (non-hydrogen) atoms. The lowest BCUT2D eigenvalue weighted by Gasteiger charge is -2.32. The van der Waals surface area contributed by atoms with Gasteiger partial charge in [0.15, 0.2) is 0 Å². The van der Waals surface area contributed by atoms with Gasteiger partial charge in [-0.15, -0.1) is 0 Å². The van der Waals surface area contributed by atoms with Crippen molar-refractivity contribution in [3.8, 4) is 6.07 Å². The van der Waals surface area contributed by atoms with Gasteiger partial charge in [-0.1, -0.05) is 32.1 Å². The fourth-order valence-corrected chi connectivity index (χ4v) is 3.00. The molecule has 1 N–H and O–H groups in total. The van der Waals surface area contributed by atoms with Crippen molar-refractivity contribution in [3.05, 3.63) is 18.0 Å². The summed E-state index contributed by atoms with van der Waals surface area (Å²) >= 11 is 0. The van der Waals surface area contributed by atoms with Gasteiger partial charge in [-0.2, -0.15) is 10.4 Å². The van der Waals surface area contributed by atoms with Crippen LogP contribution in [0.15, 0.2) is 12.4 Å². The zero-order valence-corrected chi connectivity index (χ0v) is 11.7. The third-order valence-corrected chi connectivity index (χ3v) is 4.28. The standard InChI is InChI=1S/C15H23N3O/c1-2-18-11-13(10-17-18)14(19)15(12-16)8-6-4-3-5-7-9-15/h10-11,14,19H,2-9H2,1H3. The Morgan fingerprint density at radius 2 is 2.00 bits per heavy atom. The molecule has 1 heterocycles. The molecule has 1 aromatic heterocycles. The number of hydrogen-bond acceptors (Lipinski definition) is 3. The summed E-state index contributed by atoms with van der Waals surface area (Å²) < 4.78 is 1.80. The molecular formula is C15H23N3O. The zero-order valence-electron chi connectivity index (χ0n) is 11.7. The average Bonchev–Trinajstić information content (AvgIpc) is 2.87. The Hall–Kier alpha value is -1.34. The summed E-state index contributed by atoms with van der Waals surface area (Å²) in [5.74, 6) is 0. The first-order chi connectivity index (χ1) is 9.22.